The van der Waals surface area contributed by atoms with Gasteiger partial charge in [-0.25, -0.2) is 4.79 Å². The summed E-state index contributed by atoms with van der Waals surface area (Å²) in [5, 5.41) is 0. The Balaban J connectivity index is 1.83. The molecule has 0 fully saturated rings. The predicted molar refractivity (Wildman–Crippen MR) is 91.2 cm³/mol. The number of carbonyl (C=O) groups is 3. The maximum atomic E-state index is 12.6. The fraction of sp³-hybridized carbons (Fsp3) is 0.211. The fourth-order valence-corrected chi connectivity index (χ4v) is 2.85. The first-order chi connectivity index (χ1) is 12.0. The molecule has 0 spiro atoms. The largest absolute Gasteiger partial charge is 0.497 e. The normalized spacial score (nSPS) is 12.5. The summed E-state index contributed by atoms with van der Waals surface area (Å²) in [7, 11) is 2.85. The first-order valence-corrected chi connectivity index (χ1v) is 7.76. The molecule has 1 amide bonds. The fourth-order valence-electron chi connectivity index (χ4n) is 2.85. The van der Waals surface area contributed by atoms with E-state index in [0.717, 1.165) is 5.56 Å². The lowest BCUT2D eigenvalue weighted by atomic mass is 10.1. The van der Waals surface area contributed by atoms with Crippen molar-refractivity contribution in [2.45, 2.75) is 6.42 Å². The first-order valence-electron chi connectivity index (χ1n) is 7.76. The molecule has 3 rings (SSSR count). The van der Waals surface area contributed by atoms with Crippen LogP contribution in [0.4, 0.5) is 5.69 Å². The quantitative estimate of drug-likeness (QED) is 0.485. The number of methoxy groups -OCH3 is 2. The maximum absolute atomic E-state index is 12.6. The van der Waals surface area contributed by atoms with Crippen molar-refractivity contribution in [1.29, 1.82) is 0 Å². The van der Waals surface area contributed by atoms with Crippen LogP contribution >= 0.6 is 0 Å². The lowest BCUT2D eigenvalue weighted by Gasteiger charge is -2.16. The van der Waals surface area contributed by atoms with Gasteiger partial charge in [0.15, 0.2) is 0 Å². The molecule has 0 unspecified atom stereocenters. The van der Waals surface area contributed by atoms with Crippen LogP contribution in [0.25, 0.3) is 0 Å². The van der Waals surface area contributed by atoms with Gasteiger partial charge in [0.2, 0.25) is 0 Å². The highest BCUT2D eigenvalue weighted by molar-refractivity contribution is 6.47. The molecule has 0 radical (unpaired) electrons. The molecular weight excluding hydrogens is 322 g/mol. The Kier molecular flexibility index (Phi) is 4.52. The summed E-state index contributed by atoms with van der Waals surface area (Å²) in [6.07, 6.45) is 0.585. The minimum Gasteiger partial charge on any atom is -0.497 e. The molecule has 0 aromatic heterocycles. The number of benzene rings is 2. The number of nitrogens with zero attached hydrogens (tertiary/aromatic N) is 1. The Bertz CT molecular complexity index is 841. The van der Waals surface area contributed by atoms with E-state index in [1.807, 2.05) is 0 Å². The second-order valence-electron chi connectivity index (χ2n) is 5.60. The molecule has 0 aliphatic carbocycles. The number of anilines is 1. The van der Waals surface area contributed by atoms with E-state index in [4.69, 9.17) is 9.47 Å². The molecular formula is C19H17NO5. The van der Waals surface area contributed by atoms with Gasteiger partial charge in [-0.15, -0.1) is 0 Å². The summed E-state index contributed by atoms with van der Waals surface area (Å²) < 4.78 is 9.75. The Labute approximate surface area is 145 Å². The number of Topliss-reactive ketones (excluding diaryl/α,β-unsaturated/α-hetero) is 1. The van der Waals surface area contributed by atoms with Crippen molar-refractivity contribution in [3.05, 3.63) is 59.2 Å². The van der Waals surface area contributed by atoms with Gasteiger partial charge in [-0.1, -0.05) is 0 Å². The molecule has 0 N–H and O–H groups in total. The summed E-state index contributed by atoms with van der Waals surface area (Å²) in [5.41, 5.74) is 2.24. The van der Waals surface area contributed by atoms with Gasteiger partial charge in [-0.05, 0) is 54.4 Å². The van der Waals surface area contributed by atoms with Crippen LogP contribution in [0.2, 0.25) is 0 Å². The molecule has 6 heteroatoms. The number of carbonyl (C=O) groups excluding carboxylic acids is 3. The summed E-state index contributed by atoms with van der Waals surface area (Å²) in [5.74, 6) is -0.977. The van der Waals surface area contributed by atoms with Crippen molar-refractivity contribution in [1.82, 2.24) is 0 Å². The molecule has 2 aromatic carbocycles. The molecule has 1 aliphatic rings. The van der Waals surface area contributed by atoms with Crippen molar-refractivity contribution in [2.24, 2.45) is 0 Å². The first kappa shape index (κ1) is 16.7. The SMILES string of the molecule is COC(=O)c1ccc2c(c1)CCN2C(=O)C(=O)c1ccc(OC)cc1. The number of ether oxygens (including phenoxy) is 2. The number of hydrogen-bond donors (Lipinski definition) is 0. The highest BCUT2D eigenvalue weighted by atomic mass is 16.5. The predicted octanol–water partition coefficient (Wildman–Crippen LogP) is 2.25. The number of amides is 1. The van der Waals surface area contributed by atoms with E-state index in [0.29, 0.717) is 35.5 Å². The third-order valence-corrected chi connectivity index (χ3v) is 4.19. The van der Waals surface area contributed by atoms with Gasteiger partial charge in [0.05, 0.1) is 19.8 Å². The molecule has 128 valence electrons. The number of rotatable bonds is 4. The van der Waals surface area contributed by atoms with Gasteiger partial charge in [0.25, 0.3) is 11.7 Å². The zero-order valence-electron chi connectivity index (χ0n) is 13.9. The Hall–Kier alpha value is -3.15. The maximum Gasteiger partial charge on any atom is 0.337 e. The standard InChI is InChI=1S/C19H17NO5/c1-24-15-6-3-12(4-7-15)17(21)18(22)20-10-9-13-11-14(19(23)25-2)5-8-16(13)20/h3-8,11H,9-10H2,1-2H3. The number of esters is 1. The highest BCUT2D eigenvalue weighted by Crippen LogP contribution is 2.29. The topological polar surface area (TPSA) is 72.9 Å². The summed E-state index contributed by atoms with van der Waals surface area (Å²) in [6.45, 7) is 0.403. The second-order valence-corrected chi connectivity index (χ2v) is 5.60. The van der Waals surface area contributed by atoms with E-state index in [-0.39, 0.29) is 0 Å². The Morgan fingerprint density at radius 3 is 2.28 bits per heavy atom. The van der Waals surface area contributed by atoms with Gasteiger partial charge < -0.3 is 14.4 Å². The van der Waals surface area contributed by atoms with Crippen LogP contribution in [0.1, 0.15) is 26.3 Å². The smallest absolute Gasteiger partial charge is 0.337 e. The van der Waals surface area contributed by atoms with Gasteiger partial charge in [-0.3, -0.25) is 9.59 Å². The van der Waals surface area contributed by atoms with Gasteiger partial charge in [-0.2, -0.15) is 0 Å². The summed E-state index contributed by atoms with van der Waals surface area (Å²) in [6, 6.07) is 11.4. The van der Waals surface area contributed by atoms with E-state index < -0.39 is 17.7 Å². The van der Waals surface area contributed by atoms with Crippen molar-refractivity contribution in [3.8, 4) is 5.75 Å². The van der Waals surface area contributed by atoms with Crippen LogP contribution in [0.15, 0.2) is 42.5 Å². The molecule has 1 aliphatic heterocycles. The minimum absolute atomic E-state index is 0.311. The number of hydrogen-bond acceptors (Lipinski definition) is 5. The van der Waals surface area contributed by atoms with E-state index >= 15 is 0 Å². The Morgan fingerprint density at radius 1 is 0.960 bits per heavy atom. The van der Waals surface area contributed by atoms with Crippen LogP contribution in [0, 0.1) is 0 Å². The van der Waals surface area contributed by atoms with Crippen molar-refractivity contribution < 1.29 is 23.9 Å². The zero-order valence-corrected chi connectivity index (χ0v) is 13.9. The van der Waals surface area contributed by atoms with Gasteiger partial charge in [0.1, 0.15) is 5.75 Å². The van der Waals surface area contributed by atoms with Crippen LogP contribution < -0.4 is 9.64 Å². The molecule has 1 heterocycles. The van der Waals surface area contributed by atoms with Crippen molar-refractivity contribution in [3.63, 3.8) is 0 Å². The molecule has 0 bridgehead atoms. The zero-order chi connectivity index (χ0) is 18.0. The molecule has 0 atom stereocenters. The van der Waals surface area contributed by atoms with E-state index in [1.54, 1.807) is 42.5 Å². The lowest BCUT2D eigenvalue weighted by Crippen LogP contribution is -2.35. The van der Waals surface area contributed by atoms with Gasteiger partial charge in [0, 0.05) is 17.8 Å². The van der Waals surface area contributed by atoms with Crippen LogP contribution in [-0.4, -0.2) is 38.4 Å². The minimum atomic E-state index is -0.588. The van der Waals surface area contributed by atoms with Gasteiger partial charge >= 0.3 is 5.97 Å². The third kappa shape index (κ3) is 3.10. The van der Waals surface area contributed by atoms with Crippen LogP contribution in [0.5, 0.6) is 5.75 Å². The van der Waals surface area contributed by atoms with Crippen LogP contribution in [-0.2, 0) is 16.0 Å². The van der Waals surface area contributed by atoms with E-state index in [1.165, 1.54) is 19.1 Å². The molecule has 2 aromatic rings. The third-order valence-electron chi connectivity index (χ3n) is 4.19. The number of ketones is 1. The van der Waals surface area contributed by atoms with Crippen molar-refractivity contribution in [2.75, 3.05) is 25.7 Å². The molecule has 25 heavy (non-hydrogen) atoms. The van der Waals surface area contributed by atoms with Crippen molar-refractivity contribution >= 4 is 23.3 Å². The monoisotopic (exact) mass is 339 g/mol. The summed E-state index contributed by atoms with van der Waals surface area (Å²) in [4.78, 5) is 38.1. The van der Waals surface area contributed by atoms with Crippen LogP contribution in [0.3, 0.4) is 0 Å². The van der Waals surface area contributed by atoms with E-state index in [2.05, 4.69) is 0 Å². The average molecular weight is 339 g/mol. The van der Waals surface area contributed by atoms with E-state index in [9.17, 15) is 14.4 Å². The highest BCUT2D eigenvalue weighted by Gasteiger charge is 2.30. The Morgan fingerprint density at radius 2 is 1.64 bits per heavy atom. The summed E-state index contributed by atoms with van der Waals surface area (Å²) >= 11 is 0. The molecule has 0 saturated carbocycles. The second kappa shape index (κ2) is 6.76. The molecule has 6 nitrogen and oxygen atoms in total. The number of fused-ring (bicyclic) bond motifs is 1. The average Bonchev–Trinajstić information content (AvgIpc) is 3.09. The lowest BCUT2D eigenvalue weighted by molar-refractivity contribution is -0.114. The molecule has 0 saturated heterocycles.